The predicted octanol–water partition coefficient (Wildman–Crippen LogP) is 2.72. The molecule has 0 aliphatic carbocycles. The van der Waals surface area contributed by atoms with Crippen LogP contribution in [-0.2, 0) is 11.2 Å². The Kier molecular flexibility index (Phi) is 7.94. The fourth-order valence-corrected chi connectivity index (χ4v) is 3.99. The number of nitrogens with zero attached hydrogens (tertiary/aromatic N) is 4. The molecule has 1 aliphatic heterocycles. The van der Waals surface area contributed by atoms with Crippen LogP contribution < -0.4 is 10.2 Å². The molecule has 150 valence electrons. The zero-order chi connectivity index (χ0) is 19.8. The highest BCUT2D eigenvalue weighted by Gasteiger charge is 2.18. The lowest BCUT2D eigenvalue weighted by Gasteiger charge is -2.34. The number of benzene rings is 1. The Hall–Kier alpha value is -1.83. The summed E-state index contributed by atoms with van der Waals surface area (Å²) in [6.45, 7) is 7.74. The van der Waals surface area contributed by atoms with Crippen molar-refractivity contribution in [2.24, 2.45) is 0 Å². The normalized spacial score (nSPS) is 14.9. The van der Waals surface area contributed by atoms with E-state index in [9.17, 15) is 4.79 Å². The van der Waals surface area contributed by atoms with E-state index in [0.717, 1.165) is 45.0 Å². The molecule has 28 heavy (non-hydrogen) atoms. The van der Waals surface area contributed by atoms with Crippen molar-refractivity contribution in [1.29, 1.82) is 0 Å². The van der Waals surface area contributed by atoms with Crippen LogP contribution in [0.15, 0.2) is 41.6 Å². The fraction of sp³-hybridized carbons (Fsp3) is 0.450. The standard InChI is InChI=1S/C20H26ClN5OS/c1-2-25-10-12-26(13-11-25)18-14-17(21)23-20(24-18)28-15-19(27)22-9-8-16-6-4-3-5-7-16/h3-7,14H,2,8-13,15H2,1H3,(H,22,27). The van der Waals surface area contributed by atoms with Crippen LogP contribution in [0.3, 0.4) is 0 Å². The maximum atomic E-state index is 12.1. The van der Waals surface area contributed by atoms with Gasteiger partial charge in [0, 0.05) is 38.8 Å². The first-order valence-corrected chi connectivity index (χ1v) is 11.0. The molecule has 1 aliphatic rings. The van der Waals surface area contributed by atoms with Gasteiger partial charge < -0.3 is 15.1 Å². The number of hydrogen-bond acceptors (Lipinski definition) is 6. The number of halogens is 1. The van der Waals surface area contributed by atoms with E-state index in [0.29, 0.717) is 16.9 Å². The van der Waals surface area contributed by atoms with Crippen molar-refractivity contribution < 1.29 is 4.79 Å². The number of thioether (sulfide) groups is 1. The lowest BCUT2D eigenvalue weighted by atomic mass is 10.1. The van der Waals surface area contributed by atoms with E-state index in [2.05, 4.69) is 44.1 Å². The van der Waals surface area contributed by atoms with Crippen LogP contribution >= 0.6 is 23.4 Å². The quantitative estimate of drug-likeness (QED) is 0.403. The number of likely N-dealkylation sites (N-methyl/N-ethyl adjacent to an activating group) is 1. The van der Waals surface area contributed by atoms with Crippen LogP contribution in [0.25, 0.3) is 0 Å². The number of anilines is 1. The summed E-state index contributed by atoms with van der Waals surface area (Å²) >= 11 is 7.51. The summed E-state index contributed by atoms with van der Waals surface area (Å²) in [5.74, 6) is 1.09. The number of nitrogens with one attached hydrogen (secondary N) is 1. The number of amides is 1. The minimum Gasteiger partial charge on any atom is -0.355 e. The number of carbonyl (C=O) groups is 1. The van der Waals surface area contributed by atoms with Crippen molar-refractivity contribution in [1.82, 2.24) is 20.2 Å². The van der Waals surface area contributed by atoms with Gasteiger partial charge in [-0.05, 0) is 18.5 Å². The molecule has 0 bridgehead atoms. The summed E-state index contributed by atoms with van der Waals surface area (Å²) in [6.07, 6.45) is 0.818. The zero-order valence-electron chi connectivity index (χ0n) is 16.1. The van der Waals surface area contributed by atoms with Gasteiger partial charge in [-0.25, -0.2) is 9.97 Å². The minimum atomic E-state index is -0.0254. The van der Waals surface area contributed by atoms with E-state index in [1.807, 2.05) is 18.2 Å². The number of rotatable bonds is 8. The zero-order valence-corrected chi connectivity index (χ0v) is 17.7. The molecule has 2 aromatic rings. The predicted molar refractivity (Wildman–Crippen MR) is 115 cm³/mol. The third-order valence-electron chi connectivity index (χ3n) is 4.72. The Bertz CT molecular complexity index is 768. The molecule has 0 atom stereocenters. The molecular weight excluding hydrogens is 394 g/mol. The van der Waals surface area contributed by atoms with Crippen molar-refractivity contribution in [3.8, 4) is 0 Å². The van der Waals surface area contributed by atoms with Gasteiger partial charge in [0.15, 0.2) is 5.16 Å². The summed E-state index contributed by atoms with van der Waals surface area (Å²) < 4.78 is 0. The highest BCUT2D eigenvalue weighted by molar-refractivity contribution is 7.99. The molecule has 1 amide bonds. The van der Waals surface area contributed by atoms with Crippen molar-refractivity contribution in [3.63, 3.8) is 0 Å². The SMILES string of the molecule is CCN1CCN(c2cc(Cl)nc(SCC(=O)NCCc3ccccc3)n2)CC1. The molecule has 1 N–H and O–H groups in total. The lowest BCUT2D eigenvalue weighted by Crippen LogP contribution is -2.46. The van der Waals surface area contributed by atoms with E-state index in [-0.39, 0.29) is 11.7 Å². The maximum Gasteiger partial charge on any atom is 0.230 e. The number of aromatic nitrogens is 2. The molecular formula is C20H26ClN5OS. The van der Waals surface area contributed by atoms with Gasteiger partial charge in [0.05, 0.1) is 5.75 Å². The van der Waals surface area contributed by atoms with Crippen LogP contribution in [0.5, 0.6) is 0 Å². The number of carbonyl (C=O) groups excluding carboxylic acids is 1. The molecule has 2 heterocycles. The van der Waals surface area contributed by atoms with Crippen LogP contribution in [-0.4, -0.2) is 65.8 Å². The second kappa shape index (κ2) is 10.6. The van der Waals surface area contributed by atoms with E-state index in [1.54, 1.807) is 6.07 Å². The Morgan fingerprint density at radius 2 is 1.93 bits per heavy atom. The van der Waals surface area contributed by atoms with Crippen molar-refractivity contribution in [3.05, 3.63) is 47.1 Å². The molecule has 0 saturated carbocycles. The van der Waals surface area contributed by atoms with Crippen LogP contribution in [0.4, 0.5) is 5.82 Å². The highest BCUT2D eigenvalue weighted by Crippen LogP contribution is 2.22. The molecule has 6 nitrogen and oxygen atoms in total. The third-order valence-corrected chi connectivity index (χ3v) is 5.76. The topological polar surface area (TPSA) is 61.4 Å². The molecule has 1 fully saturated rings. The summed E-state index contributed by atoms with van der Waals surface area (Å²) in [5.41, 5.74) is 1.21. The molecule has 1 aromatic heterocycles. The van der Waals surface area contributed by atoms with Gasteiger partial charge in [-0.15, -0.1) is 0 Å². The molecule has 1 aromatic carbocycles. The Labute approximate surface area is 175 Å². The van der Waals surface area contributed by atoms with Gasteiger partial charge in [0.25, 0.3) is 0 Å². The average Bonchev–Trinajstić information content (AvgIpc) is 2.73. The monoisotopic (exact) mass is 419 g/mol. The van der Waals surface area contributed by atoms with E-state index < -0.39 is 0 Å². The van der Waals surface area contributed by atoms with Gasteiger partial charge in [-0.1, -0.05) is 60.6 Å². The van der Waals surface area contributed by atoms with Gasteiger partial charge in [0.1, 0.15) is 11.0 Å². The summed E-state index contributed by atoms with van der Waals surface area (Å²) in [6, 6.07) is 11.9. The van der Waals surface area contributed by atoms with Gasteiger partial charge in [0.2, 0.25) is 5.91 Å². The first kappa shape index (κ1) is 20.9. The second-order valence-electron chi connectivity index (χ2n) is 6.63. The summed E-state index contributed by atoms with van der Waals surface area (Å²) in [4.78, 5) is 25.6. The molecule has 1 saturated heterocycles. The van der Waals surface area contributed by atoms with Gasteiger partial charge in [-0.3, -0.25) is 4.79 Å². The number of hydrogen-bond donors (Lipinski definition) is 1. The van der Waals surface area contributed by atoms with Gasteiger partial charge >= 0.3 is 0 Å². The maximum absolute atomic E-state index is 12.1. The third kappa shape index (κ3) is 6.36. The van der Waals surface area contributed by atoms with Crippen LogP contribution in [0.2, 0.25) is 5.15 Å². The largest absolute Gasteiger partial charge is 0.355 e. The lowest BCUT2D eigenvalue weighted by molar-refractivity contribution is -0.118. The molecule has 0 radical (unpaired) electrons. The highest BCUT2D eigenvalue weighted by atomic mass is 35.5. The van der Waals surface area contributed by atoms with Crippen molar-refractivity contribution in [2.75, 3.05) is 49.9 Å². The fourth-order valence-electron chi connectivity index (χ4n) is 3.08. The number of piperazine rings is 1. The van der Waals surface area contributed by atoms with Crippen molar-refractivity contribution in [2.45, 2.75) is 18.5 Å². The Balaban J connectivity index is 1.47. The van der Waals surface area contributed by atoms with E-state index in [4.69, 9.17) is 11.6 Å². The molecule has 0 unspecified atom stereocenters. The first-order valence-electron chi connectivity index (χ1n) is 9.59. The summed E-state index contributed by atoms with van der Waals surface area (Å²) in [5, 5.41) is 3.89. The summed E-state index contributed by atoms with van der Waals surface area (Å²) in [7, 11) is 0. The average molecular weight is 420 g/mol. The first-order chi connectivity index (χ1) is 13.6. The Morgan fingerprint density at radius 1 is 1.18 bits per heavy atom. The van der Waals surface area contributed by atoms with E-state index in [1.165, 1.54) is 17.3 Å². The minimum absolute atomic E-state index is 0.0254. The smallest absolute Gasteiger partial charge is 0.230 e. The molecule has 0 spiro atoms. The van der Waals surface area contributed by atoms with Crippen LogP contribution in [0, 0.1) is 0 Å². The second-order valence-corrected chi connectivity index (χ2v) is 7.96. The van der Waals surface area contributed by atoms with E-state index >= 15 is 0 Å². The Morgan fingerprint density at radius 3 is 2.64 bits per heavy atom. The van der Waals surface area contributed by atoms with Crippen LogP contribution in [0.1, 0.15) is 12.5 Å². The molecule has 8 heteroatoms. The van der Waals surface area contributed by atoms with Crippen molar-refractivity contribution >= 4 is 35.1 Å². The van der Waals surface area contributed by atoms with Gasteiger partial charge in [-0.2, -0.15) is 0 Å². The molecule has 3 rings (SSSR count).